The topological polar surface area (TPSA) is 46.3 Å². The van der Waals surface area contributed by atoms with Crippen molar-refractivity contribution in [2.45, 2.75) is 32.7 Å². The minimum absolute atomic E-state index is 0.138. The van der Waals surface area contributed by atoms with E-state index in [9.17, 15) is 4.79 Å². The van der Waals surface area contributed by atoms with E-state index in [1.807, 2.05) is 42.2 Å². The highest BCUT2D eigenvalue weighted by Gasteiger charge is 2.26. The summed E-state index contributed by atoms with van der Waals surface area (Å²) in [6.07, 6.45) is 1.99. The first-order valence-corrected chi connectivity index (χ1v) is 9.56. The molecule has 1 aromatic carbocycles. The van der Waals surface area contributed by atoms with E-state index in [1.54, 1.807) is 11.3 Å². The van der Waals surface area contributed by atoms with E-state index in [2.05, 4.69) is 6.92 Å². The summed E-state index contributed by atoms with van der Waals surface area (Å²) in [6.45, 7) is 5.71. The predicted molar refractivity (Wildman–Crippen MR) is 102 cm³/mol. The number of nitrogens with zero attached hydrogens (tertiary/aromatic N) is 1. The lowest BCUT2D eigenvalue weighted by atomic mass is 9.91. The third kappa shape index (κ3) is 3.66. The van der Waals surface area contributed by atoms with E-state index in [1.165, 1.54) is 0 Å². The van der Waals surface area contributed by atoms with Gasteiger partial charge in [-0.1, -0.05) is 23.7 Å². The molecule has 3 nitrogen and oxygen atoms in total. The Kier molecular flexibility index (Phi) is 5.28. The third-order valence-electron chi connectivity index (χ3n) is 4.79. The van der Waals surface area contributed by atoms with Crippen molar-refractivity contribution in [2.75, 3.05) is 13.1 Å². The Labute approximate surface area is 152 Å². The molecule has 24 heavy (non-hydrogen) atoms. The van der Waals surface area contributed by atoms with Crippen LogP contribution in [0.25, 0.3) is 10.4 Å². The highest BCUT2D eigenvalue weighted by atomic mass is 35.5. The fourth-order valence-corrected chi connectivity index (χ4v) is 4.62. The Morgan fingerprint density at radius 3 is 2.67 bits per heavy atom. The van der Waals surface area contributed by atoms with Crippen molar-refractivity contribution in [3.05, 3.63) is 45.8 Å². The van der Waals surface area contributed by atoms with Gasteiger partial charge in [0.25, 0.3) is 5.91 Å². The second kappa shape index (κ2) is 7.26. The summed E-state index contributed by atoms with van der Waals surface area (Å²) in [5.41, 5.74) is 8.18. The predicted octanol–water partition coefficient (Wildman–Crippen LogP) is 4.58. The lowest BCUT2D eigenvalue weighted by molar-refractivity contribution is 0.0686. The molecule has 0 bridgehead atoms. The zero-order chi connectivity index (χ0) is 17.3. The van der Waals surface area contributed by atoms with Crippen LogP contribution in [0.15, 0.2) is 30.3 Å². The van der Waals surface area contributed by atoms with E-state index < -0.39 is 0 Å². The van der Waals surface area contributed by atoms with Crippen molar-refractivity contribution in [1.29, 1.82) is 0 Å². The van der Waals surface area contributed by atoms with Gasteiger partial charge in [-0.05, 0) is 61.9 Å². The first kappa shape index (κ1) is 17.5. The van der Waals surface area contributed by atoms with Gasteiger partial charge in [0.05, 0.1) is 4.88 Å². The van der Waals surface area contributed by atoms with Gasteiger partial charge in [-0.3, -0.25) is 4.79 Å². The molecule has 2 heterocycles. The van der Waals surface area contributed by atoms with Gasteiger partial charge < -0.3 is 10.6 Å². The number of hydrogen-bond donors (Lipinski definition) is 1. The highest BCUT2D eigenvalue weighted by Crippen LogP contribution is 2.34. The molecule has 2 N–H and O–H groups in total. The number of amides is 1. The van der Waals surface area contributed by atoms with Gasteiger partial charge in [-0.25, -0.2) is 0 Å². The molecule has 0 spiro atoms. The molecule has 0 radical (unpaired) electrons. The van der Waals surface area contributed by atoms with Crippen LogP contribution in [-0.2, 0) is 0 Å². The van der Waals surface area contributed by atoms with Crippen molar-refractivity contribution in [1.82, 2.24) is 4.90 Å². The zero-order valence-electron chi connectivity index (χ0n) is 14.1. The van der Waals surface area contributed by atoms with Crippen molar-refractivity contribution in [3.8, 4) is 10.4 Å². The quantitative estimate of drug-likeness (QED) is 0.868. The summed E-state index contributed by atoms with van der Waals surface area (Å²) in [4.78, 5) is 16.7. The lowest BCUT2D eigenvalue weighted by Gasteiger charge is -2.33. The van der Waals surface area contributed by atoms with Crippen molar-refractivity contribution in [3.63, 3.8) is 0 Å². The van der Waals surface area contributed by atoms with Crippen LogP contribution >= 0.6 is 22.9 Å². The van der Waals surface area contributed by atoms with Gasteiger partial charge in [0.15, 0.2) is 0 Å². The van der Waals surface area contributed by atoms with Gasteiger partial charge in [0.2, 0.25) is 0 Å². The molecule has 1 atom stereocenters. The molecule has 1 unspecified atom stereocenters. The molecule has 1 aromatic heterocycles. The Morgan fingerprint density at radius 1 is 1.33 bits per heavy atom. The smallest absolute Gasteiger partial charge is 0.263 e. The van der Waals surface area contributed by atoms with E-state index in [0.29, 0.717) is 10.9 Å². The maximum absolute atomic E-state index is 12.8. The van der Waals surface area contributed by atoms with Crippen LogP contribution in [0.3, 0.4) is 0 Å². The van der Waals surface area contributed by atoms with Crippen LogP contribution in [0.1, 0.15) is 35.0 Å². The monoisotopic (exact) mass is 362 g/mol. The van der Waals surface area contributed by atoms with Gasteiger partial charge >= 0.3 is 0 Å². The summed E-state index contributed by atoms with van der Waals surface area (Å²) in [7, 11) is 0. The average molecular weight is 363 g/mol. The maximum atomic E-state index is 12.8. The van der Waals surface area contributed by atoms with Crippen molar-refractivity contribution in [2.24, 2.45) is 11.7 Å². The number of aryl methyl sites for hydroxylation is 1. The number of benzene rings is 1. The van der Waals surface area contributed by atoms with Crippen LogP contribution in [0.2, 0.25) is 5.02 Å². The maximum Gasteiger partial charge on any atom is 0.263 e. The molecule has 1 aliphatic heterocycles. The molecule has 1 fully saturated rings. The number of thiophene rings is 1. The van der Waals surface area contributed by atoms with Crippen LogP contribution < -0.4 is 5.73 Å². The fourth-order valence-electron chi connectivity index (χ4n) is 3.29. The van der Waals surface area contributed by atoms with Crippen LogP contribution in [0, 0.1) is 12.8 Å². The van der Waals surface area contributed by atoms with E-state index in [0.717, 1.165) is 46.8 Å². The largest absolute Gasteiger partial charge is 0.338 e. The summed E-state index contributed by atoms with van der Waals surface area (Å²) in [5.74, 6) is 0.667. The van der Waals surface area contributed by atoms with Gasteiger partial charge in [-0.15, -0.1) is 11.3 Å². The summed E-state index contributed by atoms with van der Waals surface area (Å²) in [6, 6.07) is 10.00. The first-order valence-electron chi connectivity index (χ1n) is 8.37. The molecule has 5 heteroatoms. The Balaban J connectivity index is 1.76. The number of hydrogen-bond acceptors (Lipinski definition) is 3. The van der Waals surface area contributed by atoms with Crippen molar-refractivity contribution < 1.29 is 4.79 Å². The first-order chi connectivity index (χ1) is 11.5. The van der Waals surface area contributed by atoms with E-state index >= 15 is 0 Å². The number of likely N-dealkylation sites (tertiary alicyclic amines) is 1. The second-order valence-electron chi connectivity index (χ2n) is 6.62. The number of piperidine rings is 1. The summed E-state index contributed by atoms with van der Waals surface area (Å²) in [5, 5.41) is 0.714. The van der Waals surface area contributed by atoms with Crippen LogP contribution in [0.5, 0.6) is 0 Å². The molecule has 1 aliphatic rings. The zero-order valence-corrected chi connectivity index (χ0v) is 15.7. The SMILES string of the molecule is Cc1cc(C(=O)N2CCC(C(C)N)CC2)sc1-c1cccc(Cl)c1. The Bertz CT molecular complexity index is 733. The average Bonchev–Trinajstić information content (AvgIpc) is 2.96. The summed E-state index contributed by atoms with van der Waals surface area (Å²) >= 11 is 7.65. The number of rotatable bonds is 3. The minimum atomic E-state index is 0.138. The second-order valence-corrected chi connectivity index (χ2v) is 8.11. The highest BCUT2D eigenvalue weighted by molar-refractivity contribution is 7.17. The third-order valence-corrected chi connectivity index (χ3v) is 6.30. The molecule has 1 amide bonds. The van der Waals surface area contributed by atoms with Crippen LogP contribution in [0.4, 0.5) is 0 Å². The Hall–Kier alpha value is -1.36. The number of halogens is 1. The molecule has 3 rings (SSSR count). The molecular weight excluding hydrogens is 340 g/mol. The number of carbonyl (C=O) groups is 1. The molecule has 1 saturated heterocycles. The molecule has 0 saturated carbocycles. The molecule has 0 aliphatic carbocycles. The van der Waals surface area contributed by atoms with E-state index in [-0.39, 0.29) is 11.9 Å². The fraction of sp³-hybridized carbons (Fsp3) is 0.421. The normalized spacial score (nSPS) is 17.1. The van der Waals surface area contributed by atoms with Gasteiger partial charge in [-0.2, -0.15) is 0 Å². The molecule has 2 aromatic rings. The standard InChI is InChI=1S/C19H23ClN2OS/c1-12-10-17(24-18(12)15-4-3-5-16(20)11-15)19(23)22-8-6-14(7-9-22)13(2)21/h3-5,10-11,13-14H,6-9,21H2,1-2H3. The van der Waals surface area contributed by atoms with E-state index in [4.69, 9.17) is 17.3 Å². The minimum Gasteiger partial charge on any atom is -0.338 e. The lowest BCUT2D eigenvalue weighted by Crippen LogP contribution is -2.42. The molecular formula is C19H23ClN2OS. The van der Waals surface area contributed by atoms with Gasteiger partial charge in [0.1, 0.15) is 0 Å². The van der Waals surface area contributed by atoms with Crippen molar-refractivity contribution >= 4 is 28.8 Å². The summed E-state index contributed by atoms with van der Waals surface area (Å²) < 4.78 is 0. The number of nitrogens with two attached hydrogens (primary N) is 1. The van der Waals surface area contributed by atoms with Gasteiger partial charge in [0, 0.05) is 29.0 Å². The van der Waals surface area contributed by atoms with Crippen LogP contribution in [-0.4, -0.2) is 29.9 Å². The number of carbonyl (C=O) groups excluding carboxylic acids is 1. The molecule has 128 valence electrons. The Morgan fingerprint density at radius 2 is 2.04 bits per heavy atom.